The number of benzene rings is 2. The maximum atomic E-state index is 13.6. The summed E-state index contributed by atoms with van der Waals surface area (Å²) in [4.78, 5) is 12.0. The molecule has 0 fully saturated rings. The highest BCUT2D eigenvalue weighted by Crippen LogP contribution is 2.25. The predicted molar refractivity (Wildman–Crippen MR) is 79.8 cm³/mol. The highest BCUT2D eigenvalue weighted by molar-refractivity contribution is 5.94. The van der Waals surface area contributed by atoms with Crippen molar-refractivity contribution in [3.8, 4) is 5.75 Å². The van der Waals surface area contributed by atoms with E-state index in [2.05, 4.69) is 10.1 Å². The summed E-state index contributed by atoms with van der Waals surface area (Å²) in [6.07, 6.45) is 0. The summed E-state index contributed by atoms with van der Waals surface area (Å²) in [5, 5.41) is 2.48. The summed E-state index contributed by atoms with van der Waals surface area (Å²) in [7, 11) is 0. The average Bonchev–Trinajstić information content (AvgIpc) is 2.51. The maximum Gasteiger partial charge on any atom is 0.387 e. The Labute approximate surface area is 135 Å². The average molecular weight is 342 g/mol. The largest absolute Gasteiger partial charge is 0.429 e. The molecular formula is C16H14F4N2O2. The van der Waals surface area contributed by atoms with Crippen LogP contribution >= 0.6 is 0 Å². The number of rotatable bonds is 5. The second-order valence-electron chi connectivity index (χ2n) is 4.96. The van der Waals surface area contributed by atoms with Crippen LogP contribution in [0.1, 0.15) is 21.5 Å². The Kier molecular flexibility index (Phi) is 5.28. The highest BCUT2D eigenvalue weighted by Gasteiger charge is 2.19. The van der Waals surface area contributed by atoms with Crippen LogP contribution in [0.5, 0.6) is 5.75 Å². The van der Waals surface area contributed by atoms with Gasteiger partial charge in [-0.25, -0.2) is 8.78 Å². The van der Waals surface area contributed by atoms with E-state index in [0.29, 0.717) is 17.8 Å². The van der Waals surface area contributed by atoms with Gasteiger partial charge in [0, 0.05) is 17.8 Å². The zero-order valence-electron chi connectivity index (χ0n) is 12.6. The molecule has 0 atom stereocenters. The van der Waals surface area contributed by atoms with Crippen LogP contribution in [0.25, 0.3) is 0 Å². The normalized spacial score (nSPS) is 10.8. The molecule has 0 saturated heterocycles. The molecule has 2 aromatic carbocycles. The standard InChI is InChI=1S/C16H14F4N2O2/c1-8-9(3-2-4-13(8)21)7-22-15(23)10-5-11(17)14(12(18)6-10)24-16(19)20/h2-6,16H,7,21H2,1H3,(H,22,23). The highest BCUT2D eigenvalue weighted by atomic mass is 19.3. The number of ether oxygens (including phenoxy) is 1. The number of nitrogen functional groups attached to an aromatic ring is 1. The van der Waals surface area contributed by atoms with Crippen LogP contribution in [0.15, 0.2) is 30.3 Å². The number of carbonyl (C=O) groups is 1. The van der Waals surface area contributed by atoms with Gasteiger partial charge >= 0.3 is 6.61 Å². The number of nitrogens with one attached hydrogen (secondary N) is 1. The monoisotopic (exact) mass is 342 g/mol. The van der Waals surface area contributed by atoms with E-state index < -0.39 is 29.9 Å². The van der Waals surface area contributed by atoms with Gasteiger partial charge in [-0.3, -0.25) is 4.79 Å². The van der Waals surface area contributed by atoms with Crippen LogP contribution in [0.3, 0.4) is 0 Å². The van der Waals surface area contributed by atoms with Crippen molar-refractivity contribution >= 4 is 11.6 Å². The van der Waals surface area contributed by atoms with Gasteiger partial charge in [0.1, 0.15) is 0 Å². The Bertz CT molecular complexity index is 743. The lowest BCUT2D eigenvalue weighted by atomic mass is 10.1. The van der Waals surface area contributed by atoms with Gasteiger partial charge in [0.25, 0.3) is 5.91 Å². The van der Waals surface area contributed by atoms with Gasteiger partial charge in [0.05, 0.1) is 0 Å². The van der Waals surface area contributed by atoms with Crippen molar-refractivity contribution in [3.63, 3.8) is 0 Å². The fourth-order valence-electron chi connectivity index (χ4n) is 2.07. The Hall–Kier alpha value is -2.77. The van der Waals surface area contributed by atoms with Gasteiger partial charge in [-0.2, -0.15) is 8.78 Å². The number of alkyl halides is 2. The minimum Gasteiger partial charge on any atom is -0.429 e. The van der Waals surface area contributed by atoms with Crippen LogP contribution in [0.4, 0.5) is 23.2 Å². The van der Waals surface area contributed by atoms with E-state index in [1.54, 1.807) is 25.1 Å². The van der Waals surface area contributed by atoms with Crippen molar-refractivity contribution in [3.05, 3.63) is 58.7 Å². The molecule has 128 valence electrons. The molecule has 24 heavy (non-hydrogen) atoms. The minimum atomic E-state index is -3.37. The predicted octanol–water partition coefficient (Wildman–Crippen LogP) is 3.39. The first kappa shape index (κ1) is 17.6. The molecule has 0 aromatic heterocycles. The summed E-state index contributed by atoms with van der Waals surface area (Å²) >= 11 is 0. The zero-order chi connectivity index (χ0) is 17.9. The molecule has 1 amide bonds. The number of hydrogen-bond donors (Lipinski definition) is 2. The second kappa shape index (κ2) is 7.20. The Morgan fingerprint density at radius 3 is 2.46 bits per heavy atom. The van der Waals surface area contributed by atoms with Crippen molar-refractivity contribution in [1.82, 2.24) is 5.32 Å². The third-order valence-corrected chi connectivity index (χ3v) is 3.39. The summed E-state index contributed by atoms with van der Waals surface area (Å²) in [6.45, 7) is -1.51. The summed E-state index contributed by atoms with van der Waals surface area (Å²) in [5.41, 5.74) is 7.45. The molecule has 2 rings (SSSR count). The van der Waals surface area contributed by atoms with Crippen LogP contribution in [0, 0.1) is 18.6 Å². The lowest BCUT2D eigenvalue weighted by molar-refractivity contribution is -0.0546. The van der Waals surface area contributed by atoms with Crippen molar-refractivity contribution in [1.29, 1.82) is 0 Å². The fraction of sp³-hybridized carbons (Fsp3) is 0.188. The molecule has 0 radical (unpaired) electrons. The molecular weight excluding hydrogens is 328 g/mol. The first-order valence-corrected chi connectivity index (χ1v) is 6.85. The van der Waals surface area contributed by atoms with Crippen molar-refractivity contribution in [2.45, 2.75) is 20.1 Å². The quantitative estimate of drug-likeness (QED) is 0.647. The van der Waals surface area contributed by atoms with Gasteiger partial charge in [-0.15, -0.1) is 0 Å². The van der Waals surface area contributed by atoms with E-state index in [0.717, 1.165) is 11.1 Å². The second-order valence-corrected chi connectivity index (χ2v) is 4.96. The molecule has 3 N–H and O–H groups in total. The number of hydrogen-bond acceptors (Lipinski definition) is 3. The van der Waals surface area contributed by atoms with Gasteiger partial charge in [-0.1, -0.05) is 12.1 Å². The minimum absolute atomic E-state index is 0.0915. The molecule has 0 heterocycles. The van der Waals surface area contributed by atoms with Crippen LogP contribution < -0.4 is 15.8 Å². The van der Waals surface area contributed by atoms with E-state index >= 15 is 0 Å². The molecule has 2 aromatic rings. The van der Waals surface area contributed by atoms with Crippen LogP contribution in [0.2, 0.25) is 0 Å². The molecule has 8 heteroatoms. The third-order valence-electron chi connectivity index (χ3n) is 3.39. The first-order chi connectivity index (χ1) is 11.3. The van der Waals surface area contributed by atoms with E-state index in [1.165, 1.54) is 0 Å². The number of anilines is 1. The fourth-order valence-corrected chi connectivity index (χ4v) is 2.07. The summed E-state index contributed by atoms with van der Waals surface area (Å²) in [5.74, 6) is -4.77. The molecule has 0 unspecified atom stereocenters. The summed E-state index contributed by atoms with van der Waals surface area (Å²) < 4.78 is 55.1. The van der Waals surface area contributed by atoms with Gasteiger partial charge in [0.2, 0.25) is 0 Å². The molecule has 0 bridgehead atoms. The van der Waals surface area contributed by atoms with E-state index in [9.17, 15) is 22.4 Å². The number of carbonyl (C=O) groups excluding carboxylic acids is 1. The lowest BCUT2D eigenvalue weighted by Gasteiger charge is -2.11. The van der Waals surface area contributed by atoms with Crippen LogP contribution in [-0.4, -0.2) is 12.5 Å². The molecule has 4 nitrogen and oxygen atoms in total. The van der Waals surface area contributed by atoms with E-state index in [1.807, 2.05) is 0 Å². The third kappa shape index (κ3) is 3.95. The Morgan fingerprint density at radius 1 is 1.25 bits per heavy atom. The smallest absolute Gasteiger partial charge is 0.387 e. The number of halogens is 4. The molecule has 0 aliphatic rings. The number of amides is 1. The Balaban J connectivity index is 2.14. The van der Waals surface area contributed by atoms with E-state index in [4.69, 9.17) is 5.73 Å². The molecule has 0 aliphatic carbocycles. The van der Waals surface area contributed by atoms with Crippen molar-refractivity contribution in [2.24, 2.45) is 0 Å². The lowest BCUT2D eigenvalue weighted by Crippen LogP contribution is -2.24. The maximum absolute atomic E-state index is 13.6. The molecule has 0 aliphatic heterocycles. The van der Waals surface area contributed by atoms with E-state index in [-0.39, 0.29) is 12.1 Å². The SMILES string of the molecule is Cc1c(N)cccc1CNC(=O)c1cc(F)c(OC(F)F)c(F)c1. The van der Waals surface area contributed by atoms with Crippen LogP contribution in [-0.2, 0) is 6.54 Å². The van der Waals surface area contributed by atoms with Crippen molar-refractivity contribution in [2.75, 3.05) is 5.73 Å². The molecule has 0 spiro atoms. The first-order valence-electron chi connectivity index (χ1n) is 6.85. The Morgan fingerprint density at radius 2 is 1.88 bits per heavy atom. The topological polar surface area (TPSA) is 64.3 Å². The van der Waals surface area contributed by atoms with Gasteiger partial charge < -0.3 is 15.8 Å². The van der Waals surface area contributed by atoms with Gasteiger partial charge in [-0.05, 0) is 36.2 Å². The van der Waals surface area contributed by atoms with Gasteiger partial charge in [0.15, 0.2) is 17.4 Å². The van der Waals surface area contributed by atoms with Crippen molar-refractivity contribution < 1.29 is 27.1 Å². The molecule has 0 saturated carbocycles. The zero-order valence-corrected chi connectivity index (χ0v) is 12.6. The number of nitrogens with two attached hydrogens (primary N) is 1. The summed E-state index contributed by atoms with van der Waals surface area (Å²) in [6, 6.07) is 6.41.